The zero-order chi connectivity index (χ0) is 20.9. The third kappa shape index (κ3) is 4.69. The number of hydrogen-bond donors (Lipinski definition) is 1. The number of nitrogens with zero attached hydrogens (tertiary/aromatic N) is 2. The molecule has 0 aliphatic heterocycles. The van der Waals surface area contributed by atoms with Crippen molar-refractivity contribution in [2.24, 2.45) is 0 Å². The molecule has 1 aromatic heterocycles. The summed E-state index contributed by atoms with van der Waals surface area (Å²) in [4.78, 5) is 13.3. The number of benzene rings is 3. The largest absolute Gasteiger partial charge is 0.307 e. The van der Waals surface area contributed by atoms with Crippen molar-refractivity contribution in [1.82, 2.24) is 9.78 Å². The van der Waals surface area contributed by atoms with Crippen LogP contribution in [0.5, 0.6) is 0 Å². The van der Waals surface area contributed by atoms with Gasteiger partial charge in [0.05, 0.1) is 16.9 Å². The molecule has 3 aromatic carbocycles. The average Bonchev–Trinajstić information content (AvgIpc) is 3.08. The number of nitrogens with one attached hydrogen (secondary N) is 1. The monoisotopic (exact) mass is 459 g/mol. The molecule has 0 spiro atoms. The minimum atomic E-state index is -0.416. The van der Waals surface area contributed by atoms with Crippen molar-refractivity contribution < 1.29 is 4.79 Å². The average molecular weight is 460 g/mol. The maximum absolute atomic E-state index is 13.3. The van der Waals surface area contributed by atoms with Crippen LogP contribution in [0, 0.1) is 6.92 Å². The molecular formula is C25H22BrN3O. The van der Waals surface area contributed by atoms with E-state index in [2.05, 4.69) is 51.5 Å². The highest BCUT2D eigenvalue weighted by Crippen LogP contribution is 2.28. The van der Waals surface area contributed by atoms with E-state index >= 15 is 0 Å². The number of hydrogen-bond acceptors (Lipinski definition) is 2. The van der Waals surface area contributed by atoms with Gasteiger partial charge in [0.1, 0.15) is 0 Å². The van der Waals surface area contributed by atoms with Crippen LogP contribution in [-0.2, 0) is 11.3 Å². The maximum Gasteiger partial charge on any atom is 0.237 e. The summed E-state index contributed by atoms with van der Waals surface area (Å²) in [6.45, 7) is 2.71. The standard InChI is InChI=1S/C25H22BrN3O/c1-18-9-8-10-19(15-18)16-29-17-22(26)24(28-29)27-25(30)23(20-11-4-2-5-12-20)21-13-6-3-7-14-21/h2-15,17,23H,16H2,1H3,(H,27,28,30). The lowest BCUT2D eigenvalue weighted by molar-refractivity contribution is -0.116. The molecule has 0 saturated carbocycles. The summed E-state index contributed by atoms with van der Waals surface area (Å²) < 4.78 is 2.58. The van der Waals surface area contributed by atoms with Crippen molar-refractivity contribution in [3.63, 3.8) is 0 Å². The second kappa shape index (κ2) is 9.09. The Labute approximate surface area is 184 Å². The lowest BCUT2D eigenvalue weighted by Gasteiger charge is -2.17. The number of carbonyl (C=O) groups is 1. The van der Waals surface area contributed by atoms with E-state index in [9.17, 15) is 4.79 Å². The first-order valence-corrected chi connectivity index (χ1v) is 10.6. The Balaban J connectivity index is 1.58. The first-order chi connectivity index (χ1) is 14.6. The summed E-state index contributed by atoms with van der Waals surface area (Å²) in [5.41, 5.74) is 4.25. The highest BCUT2D eigenvalue weighted by Gasteiger charge is 2.24. The Bertz CT molecular complexity index is 1100. The van der Waals surface area contributed by atoms with Gasteiger partial charge in [0.2, 0.25) is 5.91 Å². The fourth-order valence-corrected chi connectivity index (χ4v) is 3.95. The first kappa shape index (κ1) is 20.1. The number of carbonyl (C=O) groups excluding carboxylic acids is 1. The number of halogens is 1. The summed E-state index contributed by atoms with van der Waals surface area (Å²) in [6, 6.07) is 27.9. The van der Waals surface area contributed by atoms with Gasteiger partial charge in [0, 0.05) is 6.20 Å². The second-order valence-corrected chi connectivity index (χ2v) is 8.11. The van der Waals surface area contributed by atoms with Gasteiger partial charge in [-0.25, -0.2) is 0 Å². The molecule has 4 rings (SSSR count). The van der Waals surface area contributed by atoms with E-state index in [1.54, 1.807) is 0 Å². The Hall–Kier alpha value is -3.18. The van der Waals surface area contributed by atoms with Crippen molar-refractivity contribution in [2.45, 2.75) is 19.4 Å². The molecule has 0 unspecified atom stereocenters. The zero-order valence-corrected chi connectivity index (χ0v) is 18.2. The lowest BCUT2D eigenvalue weighted by atomic mass is 9.90. The van der Waals surface area contributed by atoms with Gasteiger partial charge in [-0.1, -0.05) is 90.5 Å². The van der Waals surface area contributed by atoms with Crippen LogP contribution in [-0.4, -0.2) is 15.7 Å². The maximum atomic E-state index is 13.3. The van der Waals surface area contributed by atoms with E-state index in [1.165, 1.54) is 5.56 Å². The number of aromatic nitrogens is 2. The number of amides is 1. The summed E-state index contributed by atoms with van der Waals surface area (Å²) in [5.74, 6) is -0.0142. The fourth-order valence-electron chi connectivity index (χ4n) is 3.54. The van der Waals surface area contributed by atoms with Gasteiger partial charge < -0.3 is 5.32 Å². The molecule has 0 bridgehead atoms. The molecule has 4 nitrogen and oxygen atoms in total. The Morgan fingerprint density at radius 3 is 2.20 bits per heavy atom. The van der Waals surface area contributed by atoms with E-state index in [4.69, 9.17) is 0 Å². The van der Waals surface area contributed by atoms with E-state index in [1.807, 2.05) is 77.6 Å². The van der Waals surface area contributed by atoms with Crippen LogP contribution in [0.4, 0.5) is 5.82 Å². The minimum Gasteiger partial charge on any atom is -0.307 e. The van der Waals surface area contributed by atoms with Crippen LogP contribution in [0.2, 0.25) is 0 Å². The highest BCUT2D eigenvalue weighted by molar-refractivity contribution is 9.10. The van der Waals surface area contributed by atoms with Gasteiger partial charge in [-0.05, 0) is 39.5 Å². The zero-order valence-electron chi connectivity index (χ0n) is 16.6. The molecule has 0 radical (unpaired) electrons. The first-order valence-electron chi connectivity index (χ1n) is 9.79. The van der Waals surface area contributed by atoms with Gasteiger partial charge >= 0.3 is 0 Å². The topological polar surface area (TPSA) is 46.9 Å². The van der Waals surface area contributed by atoms with Crippen molar-refractivity contribution in [2.75, 3.05) is 5.32 Å². The van der Waals surface area contributed by atoms with Crippen molar-refractivity contribution in [3.8, 4) is 0 Å². The number of rotatable bonds is 6. The third-order valence-corrected chi connectivity index (χ3v) is 5.49. The molecule has 0 aliphatic carbocycles. The third-order valence-electron chi connectivity index (χ3n) is 4.91. The molecular weight excluding hydrogens is 438 g/mol. The van der Waals surface area contributed by atoms with E-state index in [-0.39, 0.29) is 5.91 Å². The summed E-state index contributed by atoms with van der Waals surface area (Å²) in [6.07, 6.45) is 1.89. The van der Waals surface area contributed by atoms with Crippen LogP contribution in [0.25, 0.3) is 0 Å². The smallest absolute Gasteiger partial charge is 0.237 e. The molecule has 0 aliphatic rings. The normalized spacial score (nSPS) is 10.9. The molecule has 0 atom stereocenters. The van der Waals surface area contributed by atoms with Crippen molar-refractivity contribution in [3.05, 3.63) is 118 Å². The van der Waals surface area contributed by atoms with Crippen LogP contribution < -0.4 is 5.32 Å². The lowest BCUT2D eigenvalue weighted by Crippen LogP contribution is -2.22. The Morgan fingerprint density at radius 2 is 1.60 bits per heavy atom. The Morgan fingerprint density at radius 1 is 0.967 bits per heavy atom. The summed E-state index contributed by atoms with van der Waals surface area (Å²) in [7, 11) is 0. The Kier molecular flexibility index (Phi) is 6.10. The van der Waals surface area contributed by atoms with E-state index in [0.29, 0.717) is 12.4 Å². The summed E-state index contributed by atoms with van der Waals surface area (Å²) in [5, 5.41) is 7.59. The van der Waals surface area contributed by atoms with Crippen LogP contribution in [0.1, 0.15) is 28.2 Å². The number of anilines is 1. The van der Waals surface area contributed by atoms with Gasteiger partial charge in [-0.15, -0.1) is 0 Å². The molecule has 1 N–H and O–H groups in total. The molecule has 0 saturated heterocycles. The van der Waals surface area contributed by atoms with Gasteiger partial charge in [0.15, 0.2) is 5.82 Å². The fraction of sp³-hybridized carbons (Fsp3) is 0.120. The second-order valence-electron chi connectivity index (χ2n) is 7.26. The van der Waals surface area contributed by atoms with Gasteiger partial charge in [-0.2, -0.15) is 5.10 Å². The SMILES string of the molecule is Cc1cccc(Cn2cc(Br)c(NC(=O)C(c3ccccc3)c3ccccc3)n2)c1. The van der Waals surface area contributed by atoms with Crippen LogP contribution in [0.15, 0.2) is 95.6 Å². The molecule has 4 aromatic rings. The minimum absolute atomic E-state index is 0.117. The number of aryl methyl sites for hydroxylation is 1. The van der Waals surface area contributed by atoms with Gasteiger partial charge in [0.25, 0.3) is 0 Å². The van der Waals surface area contributed by atoms with E-state index in [0.717, 1.165) is 21.2 Å². The quantitative estimate of drug-likeness (QED) is 0.397. The summed E-state index contributed by atoms with van der Waals surface area (Å²) >= 11 is 3.54. The van der Waals surface area contributed by atoms with Crippen molar-refractivity contribution >= 4 is 27.7 Å². The predicted molar refractivity (Wildman–Crippen MR) is 124 cm³/mol. The van der Waals surface area contributed by atoms with Crippen molar-refractivity contribution in [1.29, 1.82) is 0 Å². The van der Waals surface area contributed by atoms with Gasteiger partial charge in [-0.3, -0.25) is 9.48 Å². The highest BCUT2D eigenvalue weighted by atomic mass is 79.9. The molecule has 1 heterocycles. The molecule has 30 heavy (non-hydrogen) atoms. The molecule has 0 fully saturated rings. The van der Waals surface area contributed by atoms with Crippen LogP contribution >= 0.6 is 15.9 Å². The predicted octanol–water partition coefficient (Wildman–Crippen LogP) is 5.77. The van der Waals surface area contributed by atoms with Crippen LogP contribution in [0.3, 0.4) is 0 Å². The molecule has 150 valence electrons. The van der Waals surface area contributed by atoms with E-state index < -0.39 is 5.92 Å². The molecule has 5 heteroatoms. The molecule has 1 amide bonds.